The molecule has 38 heavy (non-hydrogen) atoms. The molecule has 0 aliphatic carbocycles. The number of aromatic amines is 2. The SMILES string of the molecule is C=C(CC(C)C)Nc1cncc(C(=C)/C=c2/c(-c3cc4c(-n5cnc(C)c5)ccnc4[nH]3)n[nH]/c2=C/C)c1. The largest absolute Gasteiger partial charge is 0.358 e. The lowest BCUT2D eigenvalue weighted by atomic mass is 10.1. The van der Waals surface area contributed by atoms with Gasteiger partial charge in [-0.15, -0.1) is 0 Å². The van der Waals surface area contributed by atoms with Gasteiger partial charge in [-0.2, -0.15) is 5.10 Å². The van der Waals surface area contributed by atoms with Crippen molar-refractivity contribution in [1.82, 2.24) is 34.7 Å². The summed E-state index contributed by atoms with van der Waals surface area (Å²) >= 11 is 0. The van der Waals surface area contributed by atoms with Gasteiger partial charge in [0.1, 0.15) is 11.3 Å². The number of allylic oxidation sites excluding steroid dienone is 2. The molecule has 5 aromatic heterocycles. The zero-order valence-corrected chi connectivity index (χ0v) is 22.2. The van der Waals surface area contributed by atoms with Crippen LogP contribution in [-0.4, -0.2) is 34.7 Å². The fourth-order valence-electron chi connectivity index (χ4n) is 4.54. The number of imidazole rings is 1. The van der Waals surface area contributed by atoms with Crippen molar-refractivity contribution in [3.05, 3.63) is 90.0 Å². The molecule has 0 aliphatic rings. The van der Waals surface area contributed by atoms with Gasteiger partial charge in [0.05, 0.1) is 40.6 Å². The van der Waals surface area contributed by atoms with E-state index in [1.54, 1.807) is 12.4 Å². The molecule has 0 spiro atoms. The molecule has 0 atom stereocenters. The zero-order chi connectivity index (χ0) is 26.8. The maximum absolute atomic E-state index is 4.64. The number of pyridine rings is 2. The molecule has 0 amide bonds. The number of rotatable bonds is 8. The molecule has 0 bridgehead atoms. The van der Waals surface area contributed by atoms with E-state index in [-0.39, 0.29) is 0 Å². The first kappa shape index (κ1) is 25.0. The molecule has 5 heterocycles. The van der Waals surface area contributed by atoms with Crippen LogP contribution in [0.1, 0.15) is 38.4 Å². The third-order valence-corrected chi connectivity index (χ3v) is 6.28. The van der Waals surface area contributed by atoms with Gasteiger partial charge in [-0.25, -0.2) is 9.97 Å². The van der Waals surface area contributed by atoms with Gasteiger partial charge in [0, 0.05) is 40.5 Å². The van der Waals surface area contributed by atoms with E-state index in [9.17, 15) is 0 Å². The first-order valence-electron chi connectivity index (χ1n) is 12.6. The molecule has 0 aromatic carbocycles. The second kappa shape index (κ2) is 10.3. The molecule has 192 valence electrons. The van der Waals surface area contributed by atoms with Crippen LogP contribution in [0.3, 0.4) is 0 Å². The number of anilines is 1. The second-order valence-electron chi connectivity index (χ2n) is 9.84. The average Bonchev–Trinajstić information content (AvgIpc) is 3.61. The molecule has 8 heteroatoms. The van der Waals surface area contributed by atoms with Crippen molar-refractivity contribution in [3.8, 4) is 17.1 Å². The van der Waals surface area contributed by atoms with Crippen LogP contribution in [0.4, 0.5) is 5.69 Å². The number of nitrogens with zero attached hydrogens (tertiary/aromatic N) is 5. The maximum atomic E-state index is 4.64. The molecule has 5 rings (SSSR count). The number of aromatic nitrogens is 7. The molecule has 8 nitrogen and oxygen atoms in total. The standard InChI is InChI=1S/C30H32N8/c1-7-26-24(11-19(4)22-12-23(15-31-14-22)34-20(5)10-18(2)3)29(37-36-26)27-13-25-28(8-9-32-30(25)35-27)38-16-21(6)33-17-38/h7-9,11-18,34,36H,4-5,10H2,1-3,6H3,(H,32,35)/b24-11+,26-7+. The number of nitrogens with one attached hydrogen (secondary N) is 3. The van der Waals surface area contributed by atoms with Crippen molar-refractivity contribution in [3.63, 3.8) is 0 Å². The van der Waals surface area contributed by atoms with Gasteiger partial charge in [0.25, 0.3) is 0 Å². The van der Waals surface area contributed by atoms with E-state index in [0.717, 1.165) is 73.3 Å². The van der Waals surface area contributed by atoms with Crippen LogP contribution in [0.5, 0.6) is 0 Å². The highest BCUT2D eigenvalue weighted by molar-refractivity contribution is 5.91. The van der Waals surface area contributed by atoms with Crippen molar-refractivity contribution in [1.29, 1.82) is 0 Å². The van der Waals surface area contributed by atoms with Crippen LogP contribution >= 0.6 is 0 Å². The average molecular weight is 505 g/mol. The van der Waals surface area contributed by atoms with Crippen molar-refractivity contribution in [2.75, 3.05) is 5.32 Å². The molecule has 5 aromatic rings. The minimum absolute atomic E-state index is 0.526. The second-order valence-corrected chi connectivity index (χ2v) is 9.84. The lowest BCUT2D eigenvalue weighted by Gasteiger charge is -2.12. The molecule has 0 radical (unpaired) electrons. The Balaban J connectivity index is 1.53. The van der Waals surface area contributed by atoms with E-state index in [1.165, 1.54) is 0 Å². The first-order valence-corrected chi connectivity index (χ1v) is 12.6. The Labute approximate surface area is 221 Å². The Morgan fingerprint density at radius 1 is 1.18 bits per heavy atom. The highest BCUT2D eigenvalue weighted by atomic mass is 15.1. The van der Waals surface area contributed by atoms with Crippen molar-refractivity contribution >= 4 is 34.4 Å². The van der Waals surface area contributed by atoms with Gasteiger partial charge in [-0.1, -0.05) is 33.1 Å². The highest BCUT2D eigenvalue weighted by Gasteiger charge is 2.13. The summed E-state index contributed by atoms with van der Waals surface area (Å²) in [5.74, 6) is 0.526. The lowest BCUT2D eigenvalue weighted by Crippen LogP contribution is -2.23. The molecule has 0 aliphatic heterocycles. The summed E-state index contributed by atoms with van der Waals surface area (Å²) in [5, 5.41) is 14.0. The zero-order valence-electron chi connectivity index (χ0n) is 22.2. The summed E-state index contributed by atoms with van der Waals surface area (Å²) < 4.78 is 2.01. The van der Waals surface area contributed by atoms with Crippen LogP contribution in [0.25, 0.3) is 45.8 Å². The summed E-state index contributed by atoms with van der Waals surface area (Å²) in [4.78, 5) is 16.8. The van der Waals surface area contributed by atoms with Gasteiger partial charge in [0.2, 0.25) is 0 Å². The Bertz CT molecular complexity index is 1760. The quantitative estimate of drug-likeness (QED) is 0.273. The van der Waals surface area contributed by atoms with Crippen LogP contribution in [0, 0.1) is 12.8 Å². The van der Waals surface area contributed by atoms with Crippen molar-refractivity contribution < 1.29 is 0 Å². The predicted octanol–water partition coefficient (Wildman–Crippen LogP) is 5.11. The molecule has 0 fully saturated rings. The molecule has 0 unspecified atom stereocenters. The van der Waals surface area contributed by atoms with Crippen molar-refractivity contribution in [2.45, 2.75) is 34.1 Å². The van der Waals surface area contributed by atoms with Crippen LogP contribution in [0.2, 0.25) is 0 Å². The summed E-state index contributed by atoms with van der Waals surface area (Å²) in [6, 6.07) is 6.10. The third kappa shape index (κ3) is 5.06. The Kier molecular flexibility index (Phi) is 6.79. The minimum atomic E-state index is 0.526. The number of aryl methyl sites for hydroxylation is 1. The predicted molar refractivity (Wildman–Crippen MR) is 155 cm³/mol. The Hall–Kier alpha value is -4.72. The number of hydrogen-bond acceptors (Lipinski definition) is 5. The van der Waals surface area contributed by atoms with Gasteiger partial charge in [-0.05, 0) is 56.0 Å². The van der Waals surface area contributed by atoms with Gasteiger partial charge < -0.3 is 14.9 Å². The number of hydrogen-bond donors (Lipinski definition) is 3. The Morgan fingerprint density at radius 2 is 2.03 bits per heavy atom. The normalized spacial score (nSPS) is 12.6. The molecule has 3 N–H and O–H groups in total. The fraction of sp³-hybridized carbons (Fsp3) is 0.200. The monoisotopic (exact) mass is 504 g/mol. The minimum Gasteiger partial charge on any atom is -0.358 e. The molecule has 0 saturated heterocycles. The smallest absolute Gasteiger partial charge is 0.139 e. The van der Waals surface area contributed by atoms with E-state index in [1.807, 2.05) is 61.4 Å². The summed E-state index contributed by atoms with van der Waals surface area (Å²) in [7, 11) is 0. The molecule has 0 saturated carbocycles. The fourth-order valence-corrected chi connectivity index (χ4v) is 4.54. The maximum Gasteiger partial charge on any atom is 0.139 e. The number of H-pyrrole nitrogens is 2. The Morgan fingerprint density at radius 3 is 2.76 bits per heavy atom. The van der Waals surface area contributed by atoms with Gasteiger partial charge >= 0.3 is 0 Å². The third-order valence-electron chi connectivity index (χ3n) is 6.28. The van der Waals surface area contributed by atoms with Crippen molar-refractivity contribution in [2.24, 2.45) is 5.92 Å². The van der Waals surface area contributed by atoms with Gasteiger partial charge in [0.15, 0.2) is 0 Å². The summed E-state index contributed by atoms with van der Waals surface area (Å²) in [5.41, 5.74) is 7.98. The van der Waals surface area contributed by atoms with E-state index in [0.29, 0.717) is 5.92 Å². The van der Waals surface area contributed by atoms with E-state index in [2.05, 4.69) is 68.5 Å². The van der Waals surface area contributed by atoms with E-state index < -0.39 is 0 Å². The van der Waals surface area contributed by atoms with E-state index in [4.69, 9.17) is 0 Å². The van der Waals surface area contributed by atoms with Crippen LogP contribution < -0.4 is 15.9 Å². The van der Waals surface area contributed by atoms with Gasteiger partial charge in [-0.3, -0.25) is 10.1 Å². The highest BCUT2D eigenvalue weighted by Crippen LogP contribution is 2.26. The topological polar surface area (TPSA) is 100 Å². The molecular weight excluding hydrogens is 472 g/mol. The summed E-state index contributed by atoms with van der Waals surface area (Å²) in [6.07, 6.45) is 14.2. The van der Waals surface area contributed by atoms with E-state index >= 15 is 0 Å². The van der Waals surface area contributed by atoms with Crippen LogP contribution in [0.15, 0.2) is 68.2 Å². The lowest BCUT2D eigenvalue weighted by molar-refractivity contribution is 0.645. The molecular formula is C30H32N8. The number of fused-ring (bicyclic) bond motifs is 1. The summed E-state index contributed by atoms with van der Waals surface area (Å²) in [6.45, 7) is 16.8. The first-order chi connectivity index (χ1) is 18.3. The van der Waals surface area contributed by atoms with Crippen LogP contribution in [-0.2, 0) is 0 Å².